The topological polar surface area (TPSA) is 69.7 Å². The Bertz CT molecular complexity index is 518. The Labute approximate surface area is 102 Å². The molecule has 5 nitrogen and oxygen atoms in total. The maximum Gasteiger partial charge on any atom is 0.264 e. The van der Waals surface area contributed by atoms with Gasteiger partial charge < -0.3 is 4.74 Å². The molecule has 0 amide bonds. The predicted octanol–water partition coefficient (Wildman–Crippen LogP) is 1.02. The number of hydrogen-bond acceptors (Lipinski definition) is 5. The zero-order chi connectivity index (χ0) is 13.8. The number of carbonyl (C=O) groups is 1. The average Bonchev–Trinajstić information content (AvgIpc) is 2.23. The first-order chi connectivity index (χ1) is 8.33. The van der Waals surface area contributed by atoms with Crippen LogP contribution < -0.4 is 4.74 Å². The molecule has 0 N–H and O–H groups in total. The van der Waals surface area contributed by atoms with Crippen LogP contribution in [-0.4, -0.2) is 27.6 Å². The van der Waals surface area contributed by atoms with E-state index in [1.165, 1.54) is 0 Å². The van der Waals surface area contributed by atoms with Gasteiger partial charge in [0, 0.05) is 12.1 Å². The van der Waals surface area contributed by atoms with Crippen LogP contribution in [0.5, 0.6) is 5.75 Å². The summed E-state index contributed by atoms with van der Waals surface area (Å²) in [6.45, 7) is -1.08. The van der Waals surface area contributed by atoms with Crippen molar-refractivity contribution < 1.29 is 30.9 Å². The van der Waals surface area contributed by atoms with E-state index in [1.807, 2.05) is 0 Å². The molecule has 0 spiro atoms. The number of halogens is 2. The highest BCUT2D eigenvalue weighted by atomic mass is 32.2. The number of ether oxygens (including phenoxy) is 1. The van der Waals surface area contributed by atoms with E-state index >= 15 is 0 Å². The van der Waals surface area contributed by atoms with Gasteiger partial charge in [-0.3, -0.25) is 8.98 Å². The highest BCUT2D eigenvalue weighted by molar-refractivity contribution is 7.85. The highest BCUT2D eigenvalue weighted by Gasteiger charge is 2.14. The SMILES string of the molecule is CS(=O)(=O)OCc1c(F)cc(OCC=O)cc1F. The van der Waals surface area contributed by atoms with Crippen molar-refractivity contribution in [3.63, 3.8) is 0 Å². The van der Waals surface area contributed by atoms with Crippen LogP contribution in [0.4, 0.5) is 8.78 Å². The number of rotatable bonds is 6. The summed E-state index contributed by atoms with van der Waals surface area (Å²) in [6, 6.07) is 1.68. The molecule has 1 aromatic rings. The van der Waals surface area contributed by atoms with Gasteiger partial charge in [-0.1, -0.05) is 0 Å². The predicted molar refractivity (Wildman–Crippen MR) is 57.5 cm³/mol. The average molecular weight is 280 g/mol. The van der Waals surface area contributed by atoms with Gasteiger partial charge in [-0.25, -0.2) is 8.78 Å². The van der Waals surface area contributed by atoms with Gasteiger partial charge in [-0.05, 0) is 0 Å². The van der Waals surface area contributed by atoms with Crippen LogP contribution in [0.2, 0.25) is 0 Å². The molecule has 0 aliphatic carbocycles. The molecule has 1 aromatic carbocycles. The van der Waals surface area contributed by atoms with Crippen LogP contribution in [0.15, 0.2) is 12.1 Å². The van der Waals surface area contributed by atoms with Crippen molar-refractivity contribution in [1.82, 2.24) is 0 Å². The summed E-state index contributed by atoms with van der Waals surface area (Å²) in [4.78, 5) is 10.0. The van der Waals surface area contributed by atoms with E-state index in [9.17, 15) is 22.0 Å². The van der Waals surface area contributed by atoms with Gasteiger partial charge in [0.2, 0.25) is 0 Å². The number of benzene rings is 1. The first-order valence-electron chi connectivity index (χ1n) is 4.72. The van der Waals surface area contributed by atoms with Gasteiger partial charge in [-0.15, -0.1) is 0 Å². The lowest BCUT2D eigenvalue weighted by Crippen LogP contribution is -2.07. The summed E-state index contributed by atoms with van der Waals surface area (Å²) >= 11 is 0. The third kappa shape index (κ3) is 4.38. The Balaban J connectivity index is 2.90. The fraction of sp³-hybridized carbons (Fsp3) is 0.300. The van der Waals surface area contributed by atoms with Crippen molar-refractivity contribution in [3.8, 4) is 5.75 Å². The highest BCUT2D eigenvalue weighted by Crippen LogP contribution is 2.21. The van der Waals surface area contributed by atoms with Crippen LogP contribution in [-0.2, 0) is 25.7 Å². The Morgan fingerprint density at radius 1 is 1.28 bits per heavy atom. The molecule has 0 aromatic heterocycles. The molecule has 0 radical (unpaired) electrons. The van der Waals surface area contributed by atoms with Crippen molar-refractivity contribution in [2.45, 2.75) is 6.61 Å². The van der Waals surface area contributed by atoms with Crippen LogP contribution in [0, 0.1) is 11.6 Å². The molecule has 0 atom stereocenters. The lowest BCUT2D eigenvalue weighted by Gasteiger charge is -2.08. The van der Waals surface area contributed by atoms with Crippen molar-refractivity contribution in [1.29, 1.82) is 0 Å². The standard InChI is InChI=1S/C10H10F2O5S/c1-18(14,15)17-6-8-9(11)4-7(5-10(8)12)16-3-2-13/h2,4-5H,3,6H2,1H3. The molecule has 0 aliphatic rings. The van der Waals surface area contributed by atoms with Gasteiger partial charge in [0.05, 0.1) is 18.4 Å². The summed E-state index contributed by atoms with van der Waals surface area (Å²) in [5, 5.41) is 0. The molecular formula is C10H10F2O5S. The van der Waals surface area contributed by atoms with E-state index in [0.717, 1.165) is 18.4 Å². The van der Waals surface area contributed by atoms with Crippen molar-refractivity contribution in [2.24, 2.45) is 0 Å². The Morgan fingerprint density at radius 3 is 2.28 bits per heavy atom. The minimum Gasteiger partial charge on any atom is -0.486 e. The molecule has 0 aliphatic heterocycles. The van der Waals surface area contributed by atoms with E-state index in [0.29, 0.717) is 6.29 Å². The minimum atomic E-state index is -3.79. The van der Waals surface area contributed by atoms with E-state index in [2.05, 4.69) is 4.18 Å². The molecule has 18 heavy (non-hydrogen) atoms. The minimum absolute atomic E-state index is 0.166. The molecule has 1 rings (SSSR count). The molecule has 8 heteroatoms. The molecule has 0 bridgehead atoms. The fourth-order valence-corrected chi connectivity index (χ4v) is 1.43. The molecular weight excluding hydrogens is 270 g/mol. The monoisotopic (exact) mass is 280 g/mol. The van der Waals surface area contributed by atoms with Gasteiger partial charge in [0.25, 0.3) is 10.1 Å². The Hall–Kier alpha value is -1.54. The Morgan fingerprint density at radius 2 is 1.83 bits per heavy atom. The first kappa shape index (κ1) is 14.5. The van der Waals surface area contributed by atoms with E-state index in [1.54, 1.807) is 0 Å². The second-order valence-corrected chi connectivity index (χ2v) is 4.95. The zero-order valence-electron chi connectivity index (χ0n) is 9.35. The second-order valence-electron chi connectivity index (χ2n) is 3.31. The van der Waals surface area contributed by atoms with Crippen molar-refractivity contribution in [3.05, 3.63) is 29.3 Å². The quantitative estimate of drug-likeness (QED) is 0.574. The van der Waals surface area contributed by atoms with Crippen LogP contribution in [0.3, 0.4) is 0 Å². The van der Waals surface area contributed by atoms with Crippen LogP contribution in [0.25, 0.3) is 0 Å². The van der Waals surface area contributed by atoms with Gasteiger partial charge >= 0.3 is 0 Å². The van der Waals surface area contributed by atoms with Crippen molar-refractivity contribution in [2.75, 3.05) is 12.9 Å². The number of aldehydes is 1. The summed E-state index contributed by atoms with van der Waals surface area (Å²) in [5.41, 5.74) is -0.529. The molecule has 100 valence electrons. The lowest BCUT2D eigenvalue weighted by molar-refractivity contribution is -0.109. The molecule has 0 unspecified atom stereocenters. The molecule has 0 fully saturated rings. The summed E-state index contributed by atoms with van der Waals surface area (Å²) in [5.74, 6) is -2.20. The smallest absolute Gasteiger partial charge is 0.264 e. The molecule has 0 saturated carbocycles. The fourth-order valence-electron chi connectivity index (χ4n) is 1.10. The lowest BCUT2D eigenvalue weighted by atomic mass is 10.2. The third-order valence-electron chi connectivity index (χ3n) is 1.85. The first-order valence-corrected chi connectivity index (χ1v) is 6.54. The normalized spacial score (nSPS) is 11.3. The van der Waals surface area contributed by atoms with Crippen molar-refractivity contribution >= 4 is 16.4 Å². The number of hydrogen-bond donors (Lipinski definition) is 0. The van der Waals surface area contributed by atoms with Gasteiger partial charge in [0.1, 0.15) is 24.0 Å². The number of carbonyl (C=O) groups excluding carboxylic acids is 1. The van der Waals surface area contributed by atoms with Gasteiger partial charge in [0.15, 0.2) is 6.29 Å². The maximum atomic E-state index is 13.4. The largest absolute Gasteiger partial charge is 0.486 e. The van der Waals surface area contributed by atoms with Crippen LogP contribution >= 0.6 is 0 Å². The zero-order valence-corrected chi connectivity index (χ0v) is 10.2. The molecule has 0 heterocycles. The van der Waals surface area contributed by atoms with E-state index in [-0.39, 0.29) is 12.4 Å². The van der Waals surface area contributed by atoms with E-state index in [4.69, 9.17) is 4.74 Å². The Kier molecular flexibility index (Phi) is 4.74. The molecule has 0 saturated heterocycles. The van der Waals surface area contributed by atoms with Crippen LogP contribution in [0.1, 0.15) is 5.56 Å². The summed E-state index contributed by atoms with van der Waals surface area (Å²) in [7, 11) is -3.79. The maximum absolute atomic E-state index is 13.4. The van der Waals surface area contributed by atoms with Gasteiger partial charge in [-0.2, -0.15) is 8.42 Å². The summed E-state index contributed by atoms with van der Waals surface area (Å²) < 4.78 is 57.3. The second kappa shape index (κ2) is 5.87. The third-order valence-corrected chi connectivity index (χ3v) is 2.40. The summed E-state index contributed by atoms with van der Waals surface area (Å²) in [6.07, 6.45) is 1.20. The van der Waals surface area contributed by atoms with E-state index < -0.39 is 33.9 Å².